The standard InChI is InChI=1S/C13H26N2O3/c1-15(2,3)11(13(14)18)9-7-5-4-6-8-10-12(16)17/h11H,4-10H2,1-3H3,(H2-,14,16,17,18). The maximum atomic E-state index is 11.3. The molecule has 2 N–H and O–H groups in total. The van der Waals surface area contributed by atoms with Gasteiger partial charge < -0.3 is 20.1 Å². The first-order chi connectivity index (χ1) is 8.25. The van der Waals surface area contributed by atoms with Gasteiger partial charge in [0.2, 0.25) is 0 Å². The van der Waals surface area contributed by atoms with E-state index in [9.17, 15) is 14.7 Å². The van der Waals surface area contributed by atoms with E-state index in [0.29, 0.717) is 10.9 Å². The highest BCUT2D eigenvalue weighted by Gasteiger charge is 2.28. The first-order valence-corrected chi connectivity index (χ1v) is 6.55. The molecule has 0 aliphatic rings. The monoisotopic (exact) mass is 258 g/mol. The summed E-state index contributed by atoms with van der Waals surface area (Å²) in [4.78, 5) is 21.5. The summed E-state index contributed by atoms with van der Waals surface area (Å²) in [5, 5.41) is 10.2. The Labute approximate surface area is 110 Å². The van der Waals surface area contributed by atoms with Crippen molar-refractivity contribution in [3.8, 4) is 0 Å². The molecule has 0 fully saturated rings. The predicted molar refractivity (Wildman–Crippen MR) is 68.3 cm³/mol. The van der Waals surface area contributed by atoms with Crippen molar-refractivity contribution >= 4 is 11.9 Å². The molecule has 5 nitrogen and oxygen atoms in total. The summed E-state index contributed by atoms with van der Waals surface area (Å²) in [6, 6.07) is -0.145. The molecule has 0 heterocycles. The summed E-state index contributed by atoms with van der Waals surface area (Å²) in [7, 11) is 5.90. The van der Waals surface area contributed by atoms with Crippen molar-refractivity contribution in [2.45, 2.75) is 51.0 Å². The Hall–Kier alpha value is -1.10. The number of rotatable bonds is 10. The number of carboxylic acids is 1. The second-order valence-corrected chi connectivity index (χ2v) is 5.71. The van der Waals surface area contributed by atoms with E-state index in [1.807, 2.05) is 21.1 Å². The van der Waals surface area contributed by atoms with Crippen molar-refractivity contribution in [3.05, 3.63) is 0 Å². The fraction of sp³-hybridized carbons (Fsp3) is 0.846. The molecule has 1 unspecified atom stereocenters. The lowest BCUT2D eigenvalue weighted by atomic mass is 10.0. The number of carbonyl (C=O) groups excluding carboxylic acids is 2. The molecule has 0 spiro atoms. The van der Waals surface area contributed by atoms with Crippen LogP contribution in [-0.2, 0) is 9.59 Å². The summed E-state index contributed by atoms with van der Waals surface area (Å²) in [6.07, 6.45) is 5.47. The quantitative estimate of drug-likeness (QED) is 0.443. The Bertz CT molecular complexity index is 272. The molecule has 0 radical (unpaired) electrons. The number of nitrogens with zero attached hydrogens (tertiary/aromatic N) is 1. The van der Waals surface area contributed by atoms with Gasteiger partial charge >= 0.3 is 0 Å². The van der Waals surface area contributed by atoms with E-state index in [4.69, 9.17) is 5.73 Å². The first kappa shape index (κ1) is 16.9. The third-order valence-electron chi connectivity index (χ3n) is 3.12. The Kier molecular flexibility index (Phi) is 7.59. The van der Waals surface area contributed by atoms with Gasteiger partial charge in [-0.25, -0.2) is 0 Å². The van der Waals surface area contributed by atoms with Gasteiger partial charge in [-0.05, 0) is 19.3 Å². The van der Waals surface area contributed by atoms with Crippen LogP contribution in [-0.4, -0.2) is 43.5 Å². The van der Waals surface area contributed by atoms with Crippen LogP contribution in [0.25, 0.3) is 0 Å². The highest BCUT2D eigenvalue weighted by molar-refractivity contribution is 5.78. The van der Waals surface area contributed by atoms with Crippen LogP contribution < -0.4 is 10.8 Å². The highest BCUT2D eigenvalue weighted by Crippen LogP contribution is 2.14. The van der Waals surface area contributed by atoms with E-state index in [1.54, 1.807) is 0 Å². The van der Waals surface area contributed by atoms with Crippen LogP contribution in [0.1, 0.15) is 44.9 Å². The number of carbonyl (C=O) groups is 2. The number of carboxylic acid groups (broad SMARTS) is 1. The van der Waals surface area contributed by atoms with E-state index in [0.717, 1.165) is 32.1 Å². The number of primary amides is 1. The van der Waals surface area contributed by atoms with Gasteiger partial charge in [0.1, 0.15) is 0 Å². The second kappa shape index (κ2) is 8.08. The summed E-state index contributed by atoms with van der Waals surface area (Å²) in [6.45, 7) is 0. The zero-order valence-electron chi connectivity index (χ0n) is 11.8. The minimum atomic E-state index is -0.978. The number of aliphatic carboxylic acids is 1. The summed E-state index contributed by atoms with van der Waals surface area (Å²) in [5.74, 6) is -1.23. The van der Waals surface area contributed by atoms with E-state index >= 15 is 0 Å². The number of unbranched alkanes of at least 4 members (excludes halogenated alkanes) is 4. The van der Waals surface area contributed by atoms with Crippen molar-refractivity contribution in [2.24, 2.45) is 5.73 Å². The largest absolute Gasteiger partial charge is 0.550 e. The maximum absolute atomic E-state index is 11.3. The Morgan fingerprint density at radius 2 is 1.56 bits per heavy atom. The van der Waals surface area contributed by atoms with Gasteiger partial charge in [0, 0.05) is 12.4 Å². The average molecular weight is 258 g/mol. The molecular weight excluding hydrogens is 232 g/mol. The molecule has 0 aromatic carbocycles. The van der Waals surface area contributed by atoms with Gasteiger partial charge in [0.15, 0.2) is 6.04 Å². The van der Waals surface area contributed by atoms with Crippen molar-refractivity contribution in [1.29, 1.82) is 0 Å². The van der Waals surface area contributed by atoms with Crippen molar-refractivity contribution in [2.75, 3.05) is 21.1 Å². The predicted octanol–water partition coefficient (Wildman–Crippen LogP) is 0.0271. The zero-order valence-corrected chi connectivity index (χ0v) is 11.8. The number of quaternary nitrogens is 1. The number of nitrogens with two attached hydrogens (primary N) is 1. The van der Waals surface area contributed by atoms with Gasteiger partial charge in [-0.1, -0.05) is 19.3 Å². The molecule has 0 saturated carbocycles. The van der Waals surface area contributed by atoms with Crippen LogP contribution in [0.15, 0.2) is 0 Å². The lowest BCUT2D eigenvalue weighted by molar-refractivity contribution is -0.886. The minimum absolute atomic E-state index is 0.142. The Morgan fingerprint density at radius 3 is 2.00 bits per heavy atom. The molecule has 0 saturated heterocycles. The molecule has 1 atom stereocenters. The van der Waals surface area contributed by atoms with Crippen LogP contribution in [0.5, 0.6) is 0 Å². The molecule has 106 valence electrons. The number of hydrogen-bond acceptors (Lipinski definition) is 3. The molecular formula is C13H26N2O3. The average Bonchev–Trinajstić information content (AvgIpc) is 2.18. The summed E-state index contributed by atoms with van der Waals surface area (Å²) >= 11 is 0. The van der Waals surface area contributed by atoms with E-state index < -0.39 is 5.97 Å². The third kappa shape index (κ3) is 8.06. The number of likely N-dealkylation sites (N-methyl/N-ethyl adjacent to an activating group) is 1. The van der Waals surface area contributed by atoms with E-state index in [1.165, 1.54) is 0 Å². The lowest BCUT2D eigenvalue weighted by Crippen LogP contribution is -2.52. The third-order valence-corrected chi connectivity index (χ3v) is 3.12. The summed E-state index contributed by atoms with van der Waals surface area (Å²) in [5.41, 5.74) is 5.39. The van der Waals surface area contributed by atoms with Gasteiger partial charge in [-0.15, -0.1) is 0 Å². The second-order valence-electron chi connectivity index (χ2n) is 5.71. The van der Waals surface area contributed by atoms with Gasteiger partial charge in [-0.3, -0.25) is 4.79 Å². The van der Waals surface area contributed by atoms with Crippen LogP contribution >= 0.6 is 0 Å². The molecule has 0 rings (SSSR count). The molecule has 5 heteroatoms. The molecule has 0 aromatic rings. The topological polar surface area (TPSA) is 83.2 Å². The van der Waals surface area contributed by atoms with Gasteiger partial charge in [-0.2, -0.15) is 0 Å². The SMILES string of the molecule is C[N+](C)(C)C(CCCCCCCC(=O)[O-])C(N)=O. The van der Waals surface area contributed by atoms with Gasteiger partial charge in [0.25, 0.3) is 5.91 Å². The minimum Gasteiger partial charge on any atom is -0.550 e. The molecule has 0 aliphatic carbocycles. The lowest BCUT2D eigenvalue weighted by Gasteiger charge is -2.31. The molecule has 1 amide bonds. The fourth-order valence-electron chi connectivity index (χ4n) is 2.05. The van der Waals surface area contributed by atoms with E-state index in [2.05, 4.69) is 0 Å². The van der Waals surface area contributed by atoms with Crippen LogP contribution in [0.3, 0.4) is 0 Å². The van der Waals surface area contributed by atoms with Crippen LogP contribution in [0, 0.1) is 0 Å². The normalized spacial score (nSPS) is 13.3. The van der Waals surface area contributed by atoms with Crippen molar-refractivity contribution in [1.82, 2.24) is 0 Å². The Balaban J connectivity index is 3.69. The molecule has 18 heavy (non-hydrogen) atoms. The fourth-order valence-corrected chi connectivity index (χ4v) is 2.05. The molecule has 0 aliphatic heterocycles. The van der Waals surface area contributed by atoms with Crippen LogP contribution in [0.4, 0.5) is 0 Å². The Morgan fingerprint density at radius 1 is 1.06 bits per heavy atom. The maximum Gasteiger partial charge on any atom is 0.275 e. The van der Waals surface area contributed by atoms with Crippen LogP contribution in [0.2, 0.25) is 0 Å². The molecule has 0 aromatic heterocycles. The number of hydrogen-bond donors (Lipinski definition) is 1. The summed E-state index contributed by atoms with van der Waals surface area (Å²) < 4.78 is 0.556. The van der Waals surface area contributed by atoms with Gasteiger partial charge in [0.05, 0.1) is 21.1 Å². The zero-order chi connectivity index (χ0) is 14.2. The van der Waals surface area contributed by atoms with E-state index in [-0.39, 0.29) is 18.4 Å². The number of amides is 1. The smallest absolute Gasteiger partial charge is 0.275 e. The molecule has 0 bridgehead atoms. The van der Waals surface area contributed by atoms with Crippen molar-refractivity contribution in [3.63, 3.8) is 0 Å². The highest BCUT2D eigenvalue weighted by atomic mass is 16.4. The first-order valence-electron chi connectivity index (χ1n) is 6.55. The van der Waals surface area contributed by atoms with Crippen molar-refractivity contribution < 1.29 is 19.2 Å².